The number of allylic oxidation sites excluding steroid dienone is 2. The Bertz CT molecular complexity index is 428. The first-order chi connectivity index (χ1) is 13.7. The average Bonchev–Trinajstić information content (AvgIpc) is 3.00. The molecule has 1 saturated heterocycles. The van der Waals surface area contributed by atoms with E-state index in [2.05, 4.69) is 23.8 Å². The number of hydrogen-bond acceptors (Lipinski definition) is 3. The molecule has 1 heterocycles. The van der Waals surface area contributed by atoms with Gasteiger partial charge in [0, 0.05) is 0 Å². The highest BCUT2D eigenvalue weighted by Gasteiger charge is 2.32. The fraction of sp³-hybridized carbons (Fsp3) is 0.840. The number of unbranched alkanes of at least 4 members (excludes halogenated alkanes) is 15. The molecule has 1 aliphatic heterocycles. The van der Waals surface area contributed by atoms with Crippen molar-refractivity contribution in [2.45, 2.75) is 129 Å². The quantitative estimate of drug-likeness (QED) is 0.0980. The molecule has 1 aliphatic rings. The lowest BCUT2D eigenvalue weighted by atomic mass is 9.98. The van der Waals surface area contributed by atoms with Crippen molar-refractivity contribution in [1.82, 2.24) is 0 Å². The molecule has 0 amide bonds. The molecule has 0 bridgehead atoms. The van der Waals surface area contributed by atoms with Crippen LogP contribution >= 0.6 is 0 Å². The van der Waals surface area contributed by atoms with E-state index in [9.17, 15) is 9.59 Å². The van der Waals surface area contributed by atoms with E-state index in [1.807, 2.05) is 0 Å². The van der Waals surface area contributed by atoms with Crippen molar-refractivity contribution in [3.63, 3.8) is 0 Å². The van der Waals surface area contributed by atoms with E-state index < -0.39 is 0 Å². The lowest BCUT2D eigenvalue weighted by molar-refractivity contribution is -0.153. The van der Waals surface area contributed by atoms with Crippen LogP contribution in [0.1, 0.15) is 129 Å². The van der Waals surface area contributed by atoms with Crippen molar-refractivity contribution in [3.05, 3.63) is 12.2 Å². The van der Waals surface area contributed by atoms with Crippen LogP contribution in [0.4, 0.5) is 0 Å². The van der Waals surface area contributed by atoms with Crippen molar-refractivity contribution < 1.29 is 14.3 Å². The summed E-state index contributed by atoms with van der Waals surface area (Å²) in [5.41, 5.74) is 0. The standard InChI is InChI=1S/C25H44O3/c1-2-3-4-5-6-7-8-9-10-11-12-13-14-15-16-17-18-19-20-21-23-22-24(26)28-25(23)27/h4-5,23H,2-3,6-22H2,1H3/b5-4+. The highest BCUT2D eigenvalue weighted by Crippen LogP contribution is 2.22. The van der Waals surface area contributed by atoms with Crippen molar-refractivity contribution in [2.75, 3.05) is 0 Å². The Morgan fingerprint density at radius 1 is 0.714 bits per heavy atom. The van der Waals surface area contributed by atoms with Crippen LogP contribution in [-0.2, 0) is 14.3 Å². The lowest BCUT2D eigenvalue weighted by Gasteiger charge is -2.05. The van der Waals surface area contributed by atoms with E-state index in [0.29, 0.717) is 6.42 Å². The molecule has 3 nitrogen and oxygen atoms in total. The second-order valence-corrected chi connectivity index (χ2v) is 8.48. The summed E-state index contributed by atoms with van der Waals surface area (Å²) in [4.78, 5) is 22.4. The predicted octanol–water partition coefficient (Wildman–Crippen LogP) is 7.67. The Morgan fingerprint density at radius 3 is 1.64 bits per heavy atom. The van der Waals surface area contributed by atoms with E-state index in [1.54, 1.807) is 0 Å². The minimum atomic E-state index is -0.342. The van der Waals surface area contributed by atoms with Crippen molar-refractivity contribution >= 4 is 11.9 Å². The predicted molar refractivity (Wildman–Crippen MR) is 117 cm³/mol. The molecule has 28 heavy (non-hydrogen) atoms. The van der Waals surface area contributed by atoms with Crippen LogP contribution in [-0.4, -0.2) is 11.9 Å². The third-order valence-corrected chi connectivity index (χ3v) is 5.76. The van der Waals surface area contributed by atoms with Crippen LogP contribution in [0.3, 0.4) is 0 Å². The molecular weight excluding hydrogens is 348 g/mol. The van der Waals surface area contributed by atoms with Gasteiger partial charge in [-0.1, -0.05) is 109 Å². The van der Waals surface area contributed by atoms with Gasteiger partial charge in [-0.05, 0) is 25.7 Å². The second kappa shape index (κ2) is 17.9. The van der Waals surface area contributed by atoms with Gasteiger partial charge in [0.25, 0.3) is 0 Å². The number of carbonyl (C=O) groups is 2. The Kier molecular flexibility index (Phi) is 16.0. The van der Waals surface area contributed by atoms with Gasteiger partial charge in [-0.15, -0.1) is 0 Å². The molecule has 3 heteroatoms. The third kappa shape index (κ3) is 14.0. The smallest absolute Gasteiger partial charge is 0.317 e. The molecule has 0 aromatic rings. The van der Waals surface area contributed by atoms with E-state index >= 15 is 0 Å². The van der Waals surface area contributed by atoms with Gasteiger partial charge < -0.3 is 4.74 Å². The molecule has 0 aliphatic carbocycles. The molecule has 0 N–H and O–H groups in total. The van der Waals surface area contributed by atoms with Crippen LogP contribution in [0.15, 0.2) is 12.2 Å². The number of rotatable bonds is 19. The summed E-state index contributed by atoms with van der Waals surface area (Å²) in [6.45, 7) is 2.23. The molecule has 0 spiro atoms. The fourth-order valence-corrected chi connectivity index (χ4v) is 3.92. The first kappa shape index (κ1) is 24.9. The Morgan fingerprint density at radius 2 is 1.18 bits per heavy atom. The zero-order chi connectivity index (χ0) is 20.3. The maximum atomic E-state index is 11.4. The zero-order valence-corrected chi connectivity index (χ0v) is 18.4. The molecule has 1 rings (SSSR count). The normalized spacial score (nSPS) is 17.0. The molecule has 0 saturated carbocycles. The molecule has 1 unspecified atom stereocenters. The summed E-state index contributed by atoms with van der Waals surface area (Å²) >= 11 is 0. The SMILES string of the molecule is CCC/C=C/CCCCCCCCCCCCCCCCC1CC(=O)OC1=O. The first-order valence-corrected chi connectivity index (χ1v) is 12.1. The average molecular weight is 393 g/mol. The minimum Gasteiger partial charge on any atom is -0.393 e. The molecule has 0 aromatic heterocycles. The summed E-state index contributed by atoms with van der Waals surface area (Å²) in [6, 6.07) is 0. The van der Waals surface area contributed by atoms with E-state index in [-0.39, 0.29) is 17.9 Å². The van der Waals surface area contributed by atoms with Gasteiger partial charge in [0.1, 0.15) is 0 Å². The molecular formula is C25H44O3. The number of hydrogen-bond donors (Lipinski definition) is 0. The van der Waals surface area contributed by atoms with Gasteiger partial charge in [0.05, 0.1) is 12.3 Å². The van der Waals surface area contributed by atoms with Crippen LogP contribution in [0.25, 0.3) is 0 Å². The molecule has 0 radical (unpaired) electrons. The van der Waals surface area contributed by atoms with Crippen molar-refractivity contribution in [2.24, 2.45) is 5.92 Å². The highest BCUT2D eigenvalue weighted by molar-refractivity contribution is 5.94. The Hall–Kier alpha value is -1.12. The van der Waals surface area contributed by atoms with Crippen molar-refractivity contribution in [1.29, 1.82) is 0 Å². The summed E-state index contributed by atoms with van der Waals surface area (Å²) in [7, 11) is 0. The second-order valence-electron chi connectivity index (χ2n) is 8.48. The van der Waals surface area contributed by atoms with Gasteiger partial charge in [0.2, 0.25) is 0 Å². The van der Waals surface area contributed by atoms with Gasteiger partial charge in [-0.2, -0.15) is 0 Å². The highest BCUT2D eigenvalue weighted by atomic mass is 16.6. The number of cyclic esters (lactones) is 2. The topological polar surface area (TPSA) is 43.4 Å². The van der Waals surface area contributed by atoms with E-state index in [1.165, 1.54) is 103 Å². The van der Waals surface area contributed by atoms with Gasteiger partial charge in [0.15, 0.2) is 0 Å². The van der Waals surface area contributed by atoms with Crippen molar-refractivity contribution in [3.8, 4) is 0 Å². The Labute approximate surface area is 173 Å². The lowest BCUT2D eigenvalue weighted by Crippen LogP contribution is -2.06. The number of carbonyl (C=O) groups excluding carboxylic acids is 2. The summed E-state index contributed by atoms with van der Waals surface area (Å²) < 4.78 is 4.58. The van der Waals surface area contributed by atoms with Crippen LogP contribution in [0, 0.1) is 5.92 Å². The van der Waals surface area contributed by atoms with Gasteiger partial charge in [-0.3, -0.25) is 9.59 Å². The summed E-state index contributed by atoms with van der Waals surface area (Å²) in [6.07, 6.45) is 28.3. The molecule has 1 fully saturated rings. The maximum absolute atomic E-state index is 11.4. The summed E-state index contributed by atoms with van der Waals surface area (Å²) in [5, 5.41) is 0. The third-order valence-electron chi connectivity index (χ3n) is 5.76. The number of esters is 2. The van der Waals surface area contributed by atoms with Crippen LogP contribution in [0.2, 0.25) is 0 Å². The molecule has 1 atom stereocenters. The monoisotopic (exact) mass is 392 g/mol. The van der Waals surface area contributed by atoms with E-state index in [0.717, 1.165) is 12.8 Å². The zero-order valence-electron chi connectivity index (χ0n) is 18.4. The molecule has 162 valence electrons. The number of ether oxygens (including phenoxy) is 1. The minimum absolute atomic E-state index is 0.157. The Balaban J connectivity index is 1.71. The summed E-state index contributed by atoms with van der Waals surface area (Å²) in [5.74, 6) is -0.801. The first-order valence-electron chi connectivity index (χ1n) is 12.1. The maximum Gasteiger partial charge on any atom is 0.317 e. The van der Waals surface area contributed by atoms with Gasteiger partial charge in [-0.25, -0.2) is 0 Å². The van der Waals surface area contributed by atoms with Crippen LogP contribution in [0.5, 0.6) is 0 Å². The van der Waals surface area contributed by atoms with Gasteiger partial charge >= 0.3 is 11.9 Å². The van der Waals surface area contributed by atoms with Crippen LogP contribution < -0.4 is 0 Å². The molecule has 0 aromatic carbocycles. The van der Waals surface area contributed by atoms with E-state index in [4.69, 9.17) is 0 Å². The largest absolute Gasteiger partial charge is 0.393 e. The fourth-order valence-electron chi connectivity index (χ4n) is 3.92.